The molecule has 0 amide bonds. The fraction of sp³-hybridized carbons (Fsp3) is 0.500. The lowest BCUT2D eigenvalue weighted by molar-refractivity contribution is -0.0440. The number of sulfonamides is 2. The number of nitrogens with one attached hydrogen (secondary N) is 1. The summed E-state index contributed by atoms with van der Waals surface area (Å²) in [7, 11) is -7.30. The molecule has 0 aromatic heterocycles. The van der Waals surface area contributed by atoms with Crippen molar-refractivity contribution in [1.82, 2.24) is 8.61 Å². The minimum absolute atomic E-state index is 0.0602. The molecule has 2 saturated heterocycles. The number of hydrogen-bond acceptors (Lipinski definition) is 7. The van der Waals surface area contributed by atoms with Crippen molar-refractivity contribution in [2.45, 2.75) is 55.6 Å². The highest BCUT2D eigenvalue weighted by atomic mass is 32.2. The average Bonchev–Trinajstić information content (AvgIpc) is 2.87. The SMILES string of the molecule is CC1CCN(S(=O)(=O)c2cccc(C(=O)CNc3ccc(S(=O)(=O)N4CC(C)OC(C)C4)cc3)c2)CC1. The third-order valence-electron chi connectivity index (χ3n) is 6.87. The van der Waals surface area contributed by atoms with Crippen LogP contribution in [0, 0.1) is 5.92 Å². The quantitative estimate of drug-likeness (QED) is 0.503. The van der Waals surface area contributed by atoms with Gasteiger partial charge in [0.2, 0.25) is 20.0 Å². The molecule has 202 valence electrons. The number of morpholine rings is 1. The molecule has 1 N–H and O–H groups in total. The van der Waals surface area contributed by atoms with Gasteiger partial charge in [0.15, 0.2) is 5.78 Å². The normalized spacial score (nSPS) is 22.6. The summed E-state index contributed by atoms with van der Waals surface area (Å²) >= 11 is 0. The molecule has 2 fully saturated rings. The molecule has 2 unspecified atom stereocenters. The number of benzene rings is 2. The van der Waals surface area contributed by atoms with Crippen LogP contribution in [0.5, 0.6) is 0 Å². The van der Waals surface area contributed by atoms with Crippen molar-refractivity contribution in [2.24, 2.45) is 5.92 Å². The van der Waals surface area contributed by atoms with Crippen molar-refractivity contribution in [3.8, 4) is 0 Å². The first-order valence-electron chi connectivity index (χ1n) is 12.6. The van der Waals surface area contributed by atoms with Gasteiger partial charge in [-0.2, -0.15) is 8.61 Å². The molecule has 2 aromatic rings. The first kappa shape index (κ1) is 27.7. The van der Waals surface area contributed by atoms with Crippen LogP contribution >= 0.6 is 0 Å². The summed E-state index contributed by atoms with van der Waals surface area (Å²) < 4.78 is 60.7. The Morgan fingerprint density at radius 1 is 0.865 bits per heavy atom. The summed E-state index contributed by atoms with van der Waals surface area (Å²) in [5, 5.41) is 3.00. The average molecular weight is 550 g/mol. The van der Waals surface area contributed by atoms with Crippen molar-refractivity contribution in [3.63, 3.8) is 0 Å². The Morgan fingerprint density at radius 2 is 1.46 bits per heavy atom. The zero-order valence-corrected chi connectivity index (χ0v) is 23.1. The number of anilines is 1. The van der Waals surface area contributed by atoms with Crippen LogP contribution in [0.25, 0.3) is 0 Å². The number of hydrogen-bond donors (Lipinski definition) is 1. The van der Waals surface area contributed by atoms with Crippen molar-refractivity contribution < 1.29 is 26.4 Å². The molecule has 2 aliphatic rings. The van der Waals surface area contributed by atoms with E-state index in [1.165, 1.54) is 32.9 Å². The molecule has 2 aliphatic heterocycles. The van der Waals surface area contributed by atoms with Crippen LogP contribution in [-0.2, 0) is 24.8 Å². The predicted octanol–water partition coefficient (Wildman–Crippen LogP) is 3.20. The summed E-state index contributed by atoms with van der Waals surface area (Å²) in [6, 6.07) is 12.4. The lowest BCUT2D eigenvalue weighted by Crippen LogP contribution is -2.48. The molecule has 2 atom stereocenters. The fourth-order valence-electron chi connectivity index (χ4n) is 4.71. The zero-order chi connectivity index (χ0) is 26.8. The monoisotopic (exact) mass is 549 g/mol. The second-order valence-corrected chi connectivity index (χ2v) is 13.9. The smallest absolute Gasteiger partial charge is 0.243 e. The van der Waals surface area contributed by atoms with Gasteiger partial charge in [0.05, 0.1) is 28.5 Å². The minimum Gasteiger partial charge on any atom is -0.378 e. The maximum atomic E-state index is 13.1. The van der Waals surface area contributed by atoms with Crippen molar-refractivity contribution in [2.75, 3.05) is 38.0 Å². The standard InChI is InChI=1S/C26H35N3O6S2/c1-19-11-13-28(14-12-19)37(33,34)25-6-4-5-22(15-25)26(30)16-27-23-7-9-24(10-8-23)36(31,32)29-17-20(2)35-21(3)18-29/h4-10,15,19-21,27H,11-14,16-18H2,1-3H3. The molecular weight excluding hydrogens is 514 g/mol. The summed E-state index contributed by atoms with van der Waals surface area (Å²) in [5.74, 6) is 0.240. The Bertz CT molecular complexity index is 1310. The third kappa shape index (κ3) is 6.40. The van der Waals surface area contributed by atoms with Crippen molar-refractivity contribution in [1.29, 1.82) is 0 Å². The van der Waals surface area contributed by atoms with E-state index in [9.17, 15) is 21.6 Å². The maximum Gasteiger partial charge on any atom is 0.243 e. The molecule has 9 nitrogen and oxygen atoms in total. The first-order valence-corrected chi connectivity index (χ1v) is 15.5. The van der Waals surface area contributed by atoms with E-state index in [-0.39, 0.29) is 34.3 Å². The van der Waals surface area contributed by atoms with Gasteiger partial charge in [-0.15, -0.1) is 0 Å². The van der Waals surface area contributed by atoms with Crippen LogP contribution < -0.4 is 5.32 Å². The Morgan fingerprint density at radius 3 is 2.08 bits per heavy atom. The first-order chi connectivity index (χ1) is 17.5. The van der Waals surface area contributed by atoms with Gasteiger partial charge in [-0.25, -0.2) is 16.8 Å². The number of nitrogens with zero attached hydrogens (tertiary/aromatic N) is 2. The van der Waals surface area contributed by atoms with Crippen LogP contribution in [-0.4, -0.2) is 76.2 Å². The van der Waals surface area contributed by atoms with E-state index in [0.717, 1.165) is 12.8 Å². The second-order valence-electron chi connectivity index (χ2n) is 9.99. The molecule has 0 spiro atoms. The van der Waals surface area contributed by atoms with E-state index in [2.05, 4.69) is 12.2 Å². The van der Waals surface area contributed by atoms with Crippen LogP contribution in [0.15, 0.2) is 58.3 Å². The van der Waals surface area contributed by atoms with Gasteiger partial charge in [0, 0.05) is 37.4 Å². The van der Waals surface area contributed by atoms with E-state index in [4.69, 9.17) is 4.74 Å². The molecule has 0 bridgehead atoms. The van der Waals surface area contributed by atoms with E-state index < -0.39 is 20.0 Å². The van der Waals surface area contributed by atoms with E-state index in [1.54, 1.807) is 24.3 Å². The molecule has 0 aliphatic carbocycles. The molecule has 0 radical (unpaired) electrons. The summed E-state index contributed by atoms with van der Waals surface area (Å²) in [6.45, 7) is 7.32. The Labute approximate surface area is 219 Å². The van der Waals surface area contributed by atoms with E-state index >= 15 is 0 Å². The van der Waals surface area contributed by atoms with Crippen molar-refractivity contribution >= 4 is 31.5 Å². The van der Waals surface area contributed by atoms with Gasteiger partial charge < -0.3 is 10.1 Å². The van der Waals surface area contributed by atoms with E-state index in [1.807, 2.05) is 13.8 Å². The van der Waals surface area contributed by atoms with Crippen LogP contribution in [0.2, 0.25) is 0 Å². The molecule has 37 heavy (non-hydrogen) atoms. The van der Waals surface area contributed by atoms with Gasteiger partial charge in [-0.1, -0.05) is 19.1 Å². The Balaban J connectivity index is 1.39. The van der Waals surface area contributed by atoms with Gasteiger partial charge in [0.25, 0.3) is 0 Å². The van der Waals surface area contributed by atoms with Crippen molar-refractivity contribution in [3.05, 3.63) is 54.1 Å². The lowest BCUT2D eigenvalue weighted by atomic mass is 10.0. The fourth-order valence-corrected chi connectivity index (χ4v) is 7.82. The summed E-state index contributed by atoms with van der Waals surface area (Å²) in [5.41, 5.74) is 0.885. The van der Waals surface area contributed by atoms with E-state index in [0.29, 0.717) is 43.3 Å². The molecule has 2 aromatic carbocycles. The number of carbonyl (C=O) groups is 1. The highest BCUT2D eigenvalue weighted by molar-refractivity contribution is 7.89. The zero-order valence-electron chi connectivity index (χ0n) is 21.5. The second kappa shape index (κ2) is 11.2. The molecule has 0 saturated carbocycles. The maximum absolute atomic E-state index is 13.1. The molecule has 2 heterocycles. The van der Waals surface area contributed by atoms with Crippen LogP contribution in [0.3, 0.4) is 0 Å². The molecule has 4 rings (SSSR count). The Kier molecular flexibility index (Phi) is 8.39. The topological polar surface area (TPSA) is 113 Å². The molecular formula is C26H35N3O6S2. The third-order valence-corrected chi connectivity index (χ3v) is 10.6. The number of ether oxygens (including phenoxy) is 1. The summed E-state index contributed by atoms with van der Waals surface area (Å²) in [6.07, 6.45) is 1.30. The highest BCUT2D eigenvalue weighted by Gasteiger charge is 2.32. The van der Waals surface area contributed by atoms with Gasteiger partial charge in [-0.05, 0) is 69.0 Å². The Hall–Kier alpha value is -2.31. The number of carbonyl (C=O) groups excluding carboxylic acids is 1. The van der Waals surface area contributed by atoms with Crippen LogP contribution in [0.1, 0.15) is 44.0 Å². The number of ketones is 1. The number of Topliss-reactive ketones (excluding diaryl/α,β-unsaturated/α-hetero) is 1. The van der Waals surface area contributed by atoms with Crippen LogP contribution in [0.4, 0.5) is 5.69 Å². The van der Waals surface area contributed by atoms with Gasteiger partial charge >= 0.3 is 0 Å². The largest absolute Gasteiger partial charge is 0.378 e. The highest BCUT2D eigenvalue weighted by Crippen LogP contribution is 2.25. The summed E-state index contributed by atoms with van der Waals surface area (Å²) in [4.78, 5) is 13.1. The number of rotatable bonds is 8. The lowest BCUT2D eigenvalue weighted by Gasteiger charge is -2.34. The molecule has 11 heteroatoms. The van der Waals surface area contributed by atoms with Gasteiger partial charge in [0.1, 0.15) is 0 Å². The number of piperidine rings is 1. The predicted molar refractivity (Wildman–Crippen MR) is 142 cm³/mol. The minimum atomic E-state index is -3.65. The van der Waals surface area contributed by atoms with Gasteiger partial charge in [-0.3, -0.25) is 4.79 Å².